The van der Waals surface area contributed by atoms with E-state index in [4.69, 9.17) is 0 Å². The minimum atomic E-state index is -0.0995. The minimum Gasteiger partial charge on any atom is -0.310 e. The van der Waals surface area contributed by atoms with Crippen LogP contribution >= 0.6 is 0 Å². The summed E-state index contributed by atoms with van der Waals surface area (Å²) in [7, 11) is 2.17. The average molecular weight is 250 g/mol. The van der Waals surface area contributed by atoms with E-state index in [0.717, 1.165) is 31.1 Å². The number of hydrogen-bond acceptors (Lipinski definition) is 2. The Morgan fingerprint density at radius 3 is 2.72 bits per heavy atom. The van der Waals surface area contributed by atoms with Crippen molar-refractivity contribution < 1.29 is 4.39 Å². The van der Waals surface area contributed by atoms with Crippen molar-refractivity contribution in [1.82, 2.24) is 10.2 Å². The van der Waals surface area contributed by atoms with Crippen LogP contribution < -0.4 is 5.32 Å². The molecule has 1 aromatic rings. The third-order valence-corrected chi connectivity index (χ3v) is 3.67. The maximum absolute atomic E-state index is 13.8. The molecule has 1 aromatic carbocycles. The van der Waals surface area contributed by atoms with Crippen LogP contribution in [0.5, 0.6) is 0 Å². The highest BCUT2D eigenvalue weighted by Gasteiger charge is 2.26. The van der Waals surface area contributed by atoms with Crippen LogP contribution in [0.15, 0.2) is 24.3 Å². The van der Waals surface area contributed by atoms with Crippen LogP contribution in [0.4, 0.5) is 4.39 Å². The number of benzene rings is 1. The summed E-state index contributed by atoms with van der Waals surface area (Å²) in [5, 5.41) is 3.39. The molecule has 1 aliphatic carbocycles. The monoisotopic (exact) mass is 250 g/mol. The smallest absolute Gasteiger partial charge is 0.127 e. The van der Waals surface area contributed by atoms with Crippen LogP contribution in [-0.4, -0.2) is 31.1 Å². The van der Waals surface area contributed by atoms with Gasteiger partial charge >= 0.3 is 0 Å². The van der Waals surface area contributed by atoms with Gasteiger partial charge in [0.25, 0.3) is 0 Å². The first-order valence-electron chi connectivity index (χ1n) is 6.90. The van der Waals surface area contributed by atoms with Crippen molar-refractivity contribution in [2.24, 2.45) is 0 Å². The Bertz CT molecular complexity index is 377. The molecule has 0 amide bonds. The molecule has 1 fully saturated rings. The largest absolute Gasteiger partial charge is 0.310 e. The van der Waals surface area contributed by atoms with Crippen molar-refractivity contribution in [2.75, 3.05) is 20.1 Å². The first kappa shape index (κ1) is 13.5. The first-order valence-corrected chi connectivity index (χ1v) is 6.90. The predicted octanol–water partition coefficient (Wildman–Crippen LogP) is 2.96. The molecule has 0 spiro atoms. The highest BCUT2D eigenvalue weighted by atomic mass is 19.1. The van der Waals surface area contributed by atoms with Crippen LogP contribution in [0.1, 0.15) is 37.8 Å². The lowest BCUT2D eigenvalue weighted by Crippen LogP contribution is -2.28. The van der Waals surface area contributed by atoms with Gasteiger partial charge in [-0.15, -0.1) is 0 Å². The summed E-state index contributed by atoms with van der Waals surface area (Å²) >= 11 is 0. The maximum atomic E-state index is 13.8. The van der Waals surface area contributed by atoms with Crippen molar-refractivity contribution in [3.05, 3.63) is 35.6 Å². The zero-order chi connectivity index (χ0) is 13.0. The normalized spacial score (nSPS) is 17.1. The quantitative estimate of drug-likeness (QED) is 0.800. The molecule has 18 heavy (non-hydrogen) atoms. The Morgan fingerprint density at radius 1 is 1.39 bits per heavy atom. The molecule has 0 saturated heterocycles. The second-order valence-corrected chi connectivity index (χ2v) is 5.13. The van der Waals surface area contributed by atoms with Gasteiger partial charge < -0.3 is 10.2 Å². The number of nitrogens with zero attached hydrogens (tertiary/aromatic N) is 1. The van der Waals surface area contributed by atoms with Crippen molar-refractivity contribution in [1.29, 1.82) is 0 Å². The van der Waals surface area contributed by atoms with Gasteiger partial charge in [0.1, 0.15) is 5.82 Å². The third-order valence-electron chi connectivity index (χ3n) is 3.67. The molecule has 0 heterocycles. The molecular weight excluding hydrogens is 227 g/mol. The van der Waals surface area contributed by atoms with Gasteiger partial charge in [-0.2, -0.15) is 0 Å². The second-order valence-electron chi connectivity index (χ2n) is 5.13. The van der Waals surface area contributed by atoms with Gasteiger partial charge in [0, 0.05) is 17.6 Å². The molecular formula is C15H23FN2. The fraction of sp³-hybridized carbons (Fsp3) is 0.600. The van der Waals surface area contributed by atoms with Crippen LogP contribution in [0.2, 0.25) is 0 Å². The summed E-state index contributed by atoms with van der Waals surface area (Å²) in [5.41, 5.74) is 0.795. The van der Waals surface area contributed by atoms with Gasteiger partial charge in [-0.1, -0.05) is 25.1 Å². The maximum Gasteiger partial charge on any atom is 0.127 e. The molecule has 0 bridgehead atoms. The van der Waals surface area contributed by atoms with Crippen molar-refractivity contribution >= 4 is 0 Å². The summed E-state index contributed by atoms with van der Waals surface area (Å²) in [6, 6.07) is 7.99. The lowest BCUT2D eigenvalue weighted by molar-refractivity contribution is 0.297. The fourth-order valence-electron chi connectivity index (χ4n) is 2.40. The van der Waals surface area contributed by atoms with E-state index in [1.54, 1.807) is 12.1 Å². The molecule has 1 unspecified atom stereocenters. The van der Waals surface area contributed by atoms with E-state index in [2.05, 4.69) is 24.2 Å². The predicted molar refractivity (Wildman–Crippen MR) is 73.1 cm³/mol. The summed E-state index contributed by atoms with van der Waals surface area (Å²) in [5.74, 6) is -0.0995. The van der Waals surface area contributed by atoms with E-state index in [1.807, 2.05) is 12.1 Å². The minimum absolute atomic E-state index is 0.0995. The lowest BCUT2D eigenvalue weighted by atomic mass is 10.0. The number of rotatable bonds is 7. The van der Waals surface area contributed by atoms with E-state index in [9.17, 15) is 4.39 Å². The van der Waals surface area contributed by atoms with Gasteiger partial charge in [-0.25, -0.2) is 4.39 Å². The van der Waals surface area contributed by atoms with Crippen LogP contribution in [0.25, 0.3) is 0 Å². The lowest BCUT2D eigenvalue weighted by Gasteiger charge is -2.23. The fourth-order valence-corrected chi connectivity index (χ4v) is 2.40. The molecule has 3 heteroatoms. The second kappa shape index (κ2) is 6.30. The average Bonchev–Trinajstić information content (AvgIpc) is 3.19. The summed E-state index contributed by atoms with van der Waals surface area (Å²) in [6.45, 7) is 3.96. The highest BCUT2D eigenvalue weighted by molar-refractivity contribution is 5.21. The highest BCUT2D eigenvalue weighted by Crippen LogP contribution is 2.27. The molecule has 1 saturated carbocycles. The zero-order valence-electron chi connectivity index (χ0n) is 11.3. The van der Waals surface area contributed by atoms with Gasteiger partial charge in [-0.05, 0) is 45.5 Å². The molecule has 0 aromatic heterocycles. The van der Waals surface area contributed by atoms with Crippen LogP contribution in [0, 0.1) is 5.82 Å². The van der Waals surface area contributed by atoms with Gasteiger partial charge in [0.05, 0.1) is 0 Å². The molecule has 2 nitrogen and oxygen atoms in total. The molecule has 0 radical (unpaired) electrons. The molecule has 100 valence electrons. The SMILES string of the molecule is CCNC(CCN(C)C1CC1)c1ccccc1F. The Morgan fingerprint density at radius 2 is 2.11 bits per heavy atom. The van der Waals surface area contributed by atoms with E-state index in [-0.39, 0.29) is 11.9 Å². The number of nitrogens with one attached hydrogen (secondary N) is 1. The molecule has 0 aliphatic heterocycles. The number of halogens is 1. The molecule has 1 N–H and O–H groups in total. The van der Waals surface area contributed by atoms with Gasteiger partial charge in [0.15, 0.2) is 0 Å². The summed E-state index contributed by atoms with van der Waals surface area (Å²) < 4.78 is 13.8. The number of hydrogen-bond donors (Lipinski definition) is 1. The topological polar surface area (TPSA) is 15.3 Å². The van der Waals surface area contributed by atoms with Crippen molar-refractivity contribution in [3.8, 4) is 0 Å². The molecule has 1 aliphatic rings. The van der Waals surface area contributed by atoms with Gasteiger partial charge in [-0.3, -0.25) is 0 Å². The van der Waals surface area contributed by atoms with Crippen LogP contribution in [-0.2, 0) is 0 Å². The summed E-state index contributed by atoms with van der Waals surface area (Å²) in [4.78, 5) is 2.39. The molecule has 2 rings (SSSR count). The van der Waals surface area contributed by atoms with E-state index in [0.29, 0.717) is 0 Å². The Balaban J connectivity index is 1.96. The Hall–Kier alpha value is -0.930. The Kier molecular flexibility index (Phi) is 4.72. The molecule has 1 atom stereocenters. The van der Waals surface area contributed by atoms with E-state index >= 15 is 0 Å². The van der Waals surface area contributed by atoms with E-state index in [1.165, 1.54) is 12.8 Å². The van der Waals surface area contributed by atoms with Crippen molar-refractivity contribution in [2.45, 2.75) is 38.3 Å². The first-order chi connectivity index (χ1) is 8.72. The standard InChI is InChI=1S/C15H23FN2/c1-3-17-15(10-11-18(2)12-8-9-12)13-6-4-5-7-14(13)16/h4-7,12,15,17H,3,8-11H2,1-2H3. The van der Waals surface area contributed by atoms with Crippen LogP contribution in [0.3, 0.4) is 0 Å². The summed E-state index contributed by atoms with van der Waals surface area (Å²) in [6.07, 6.45) is 3.60. The zero-order valence-corrected chi connectivity index (χ0v) is 11.3. The van der Waals surface area contributed by atoms with Crippen molar-refractivity contribution in [3.63, 3.8) is 0 Å². The Labute approximate surface area is 109 Å². The third kappa shape index (κ3) is 3.53. The van der Waals surface area contributed by atoms with E-state index < -0.39 is 0 Å². The van der Waals surface area contributed by atoms with Gasteiger partial charge in [0.2, 0.25) is 0 Å².